The number of ether oxygens (including phenoxy) is 2. The average Bonchev–Trinajstić information content (AvgIpc) is 3.31. The number of H-pyrrole nitrogens is 1. The van der Waals surface area contributed by atoms with Crippen molar-refractivity contribution in [3.8, 4) is 22.6 Å². The third kappa shape index (κ3) is 3.58. The number of benzene rings is 1. The van der Waals surface area contributed by atoms with Crippen LogP contribution in [-0.4, -0.2) is 45.7 Å². The van der Waals surface area contributed by atoms with Crippen LogP contribution >= 0.6 is 0 Å². The molecule has 0 fully saturated rings. The molecule has 2 N–H and O–H groups in total. The fourth-order valence-electron chi connectivity index (χ4n) is 4.05. The van der Waals surface area contributed by atoms with Gasteiger partial charge in [0, 0.05) is 52.7 Å². The molecule has 3 aromatic heterocycles. The average molecular weight is 442 g/mol. The zero-order valence-electron chi connectivity index (χ0n) is 18.3. The Balaban J connectivity index is 1.81. The van der Waals surface area contributed by atoms with Gasteiger partial charge in [0.25, 0.3) is 0 Å². The van der Waals surface area contributed by atoms with Crippen molar-refractivity contribution in [2.75, 3.05) is 20.8 Å². The van der Waals surface area contributed by atoms with Gasteiger partial charge in [0.1, 0.15) is 5.65 Å². The van der Waals surface area contributed by atoms with Crippen LogP contribution in [0.25, 0.3) is 22.2 Å². The van der Waals surface area contributed by atoms with E-state index in [0.29, 0.717) is 17.8 Å². The molecule has 0 unspecified atom stereocenters. The SMILES string of the molecule is COc1cc(OC)c(F)c(Cc2c[nH]c3ncc(-c4c(C)nn(CCO)c4C)cc23)c1F. The number of fused-ring (bicyclic) bond motifs is 1. The Bertz CT molecular complexity index is 1270. The van der Waals surface area contributed by atoms with Gasteiger partial charge >= 0.3 is 0 Å². The van der Waals surface area contributed by atoms with Crippen LogP contribution in [0.5, 0.6) is 11.5 Å². The molecule has 0 aliphatic heterocycles. The number of pyridine rings is 1. The second-order valence-electron chi connectivity index (χ2n) is 7.49. The van der Waals surface area contributed by atoms with Crippen molar-refractivity contribution in [2.24, 2.45) is 0 Å². The lowest BCUT2D eigenvalue weighted by Crippen LogP contribution is -2.05. The fourth-order valence-corrected chi connectivity index (χ4v) is 4.05. The molecule has 1 aromatic carbocycles. The van der Waals surface area contributed by atoms with E-state index in [9.17, 15) is 13.9 Å². The van der Waals surface area contributed by atoms with E-state index in [0.717, 1.165) is 27.9 Å². The number of methoxy groups -OCH3 is 2. The van der Waals surface area contributed by atoms with Crippen molar-refractivity contribution in [3.05, 3.63) is 58.7 Å². The predicted octanol–water partition coefficient (Wildman–Crippen LogP) is 3.92. The van der Waals surface area contributed by atoms with Crippen LogP contribution in [0.15, 0.2) is 24.5 Å². The molecule has 0 spiro atoms. The Hall–Kier alpha value is -3.46. The van der Waals surface area contributed by atoms with Gasteiger partial charge in [-0.15, -0.1) is 0 Å². The van der Waals surface area contributed by atoms with Gasteiger partial charge in [0.15, 0.2) is 23.1 Å². The Labute approximate surface area is 183 Å². The molecule has 4 aromatic rings. The summed E-state index contributed by atoms with van der Waals surface area (Å²) in [6.07, 6.45) is 3.41. The van der Waals surface area contributed by atoms with Crippen LogP contribution in [0.4, 0.5) is 8.78 Å². The van der Waals surface area contributed by atoms with E-state index in [2.05, 4.69) is 15.1 Å². The summed E-state index contributed by atoms with van der Waals surface area (Å²) in [5, 5.41) is 14.5. The first-order valence-electron chi connectivity index (χ1n) is 10.1. The van der Waals surface area contributed by atoms with Crippen molar-refractivity contribution in [1.29, 1.82) is 0 Å². The third-order valence-electron chi connectivity index (χ3n) is 5.63. The number of hydrogen-bond donors (Lipinski definition) is 2. The third-order valence-corrected chi connectivity index (χ3v) is 5.63. The molecule has 0 radical (unpaired) electrons. The van der Waals surface area contributed by atoms with E-state index >= 15 is 0 Å². The molecule has 7 nitrogen and oxygen atoms in total. The largest absolute Gasteiger partial charge is 0.494 e. The summed E-state index contributed by atoms with van der Waals surface area (Å²) in [5.41, 5.74) is 4.61. The molecule has 4 rings (SSSR count). The smallest absolute Gasteiger partial charge is 0.171 e. The van der Waals surface area contributed by atoms with E-state index < -0.39 is 11.6 Å². The maximum absolute atomic E-state index is 14.9. The fraction of sp³-hybridized carbons (Fsp3) is 0.304. The minimum atomic E-state index is -0.763. The number of aliphatic hydroxyl groups is 1. The summed E-state index contributed by atoms with van der Waals surface area (Å²) in [6, 6.07) is 3.13. The number of halogens is 2. The summed E-state index contributed by atoms with van der Waals surface area (Å²) >= 11 is 0. The second-order valence-corrected chi connectivity index (χ2v) is 7.49. The van der Waals surface area contributed by atoms with Gasteiger partial charge in [-0.25, -0.2) is 13.8 Å². The quantitative estimate of drug-likeness (QED) is 0.453. The maximum atomic E-state index is 14.9. The van der Waals surface area contributed by atoms with Crippen LogP contribution in [0.2, 0.25) is 0 Å². The second kappa shape index (κ2) is 8.58. The number of hydrogen-bond acceptors (Lipinski definition) is 5. The molecular weight excluding hydrogens is 418 g/mol. The zero-order chi connectivity index (χ0) is 23.0. The zero-order valence-corrected chi connectivity index (χ0v) is 18.3. The molecule has 0 amide bonds. The molecule has 9 heteroatoms. The summed E-state index contributed by atoms with van der Waals surface area (Å²) in [4.78, 5) is 7.56. The van der Waals surface area contributed by atoms with E-state index in [4.69, 9.17) is 9.47 Å². The molecule has 32 heavy (non-hydrogen) atoms. The topological polar surface area (TPSA) is 85.2 Å². The Morgan fingerprint density at radius 1 is 1.09 bits per heavy atom. The van der Waals surface area contributed by atoms with E-state index in [1.807, 2.05) is 19.9 Å². The molecule has 168 valence electrons. The summed E-state index contributed by atoms with van der Waals surface area (Å²) in [6.45, 7) is 4.21. The number of nitrogens with zero attached hydrogens (tertiary/aromatic N) is 3. The van der Waals surface area contributed by atoms with E-state index in [-0.39, 0.29) is 30.1 Å². The van der Waals surface area contributed by atoms with Gasteiger partial charge in [-0.1, -0.05) is 0 Å². The minimum absolute atomic E-state index is 0.0121. The Kier molecular flexibility index (Phi) is 5.84. The van der Waals surface area contributed by atoms with Crippen LogP contribution in [0.1, 0.15) is 22.5 Å². The number of aromatic nitrogens is 4. The van der Waals surface area contributed by atoms with Gasteiger partial charge in [-0.3, -0.25) is 4.68 Å². The number of aliphatic hydroxyl groups excluding tert-OH is 1. The molecule has 3 heterocycles. The summed E-state index contributed by atoms with van der Waals surface area (Å²) in [7, 11) is 2.64. The molecule has 0 saturated carbocycles. The summed E-state index contributed by atoms with van der Waals surface area (Å²) in [5.74, 6) is -1.69. The molecular formula is C23H24F2N4O3. The van der Waals surface area contributed by atoms with Crippen LogP contribution in [0, 0.1) is 25.5 Å². The highest BCUT2D eigenvalue weighted by Gasteiger charge is 2.22. The monoisotopic (exact) mass is 442 g/mol. The van der Waals surface area contributed by atoms with E-state index in [1.54, 1.807) is 17.1 Å². The van der Waals surface area contributed by atoms with Crippen molar-refractivity contribution >= 4 is 11.0 Å². The van der Waals surface area contributed by atoms with Gasteiger partial charge in [0.2, 0.25) is 0 Å². The van der Waals surface area contributed by atoms with Gasteiger partial charge in [0.05, 0.1) is 33.1 Å². The van der Waals surface area contributed by atoms with Crippen molar-refractivity contribution in [2.45, 2.75) is 26.8 Å². The highest BCUT2D eigenvalue weighted by Crippen LogP contribution is 2.35. The molecule has 0 atom stereocenters. The highest BCUT2D eigenvalue weighted by molar-refractivity contribution is 5.85. The Morgan fingerprint density at radius 3 is 2.41 bits per heavy atom. The predicted molar refractivity (Wildman–Crippen MR) is 116 cm³/mol. The maximum Gasteiger partial charge on any atom is 0.171 e. The molecule has 0 aliphatic carbocycles. The van der Waals surface area contributed by atoms with Crippen molar-refractivity contribution < 1.29 is 23.4 Å². The molecule has 0 aliphatic rings. The number of rotatable bonds is 7. The van der Waals surface area contributed by atoms with Gasteiger partial charge in [-0.05, 0) is 25.5 Å². The van der Waals surface area contributed by atoms with E-state index in [1.165, 1.54) is 20.3 Å². The first kappa shape index (κ1) is 21.8. The summed E-state index contributed by atoms with van der Waals surface area (Å²) < 4.78 is 41.6. The molecule has 0 bridgehead atoms. The lowest BCUT2D eigenvalue weighted by molar-refractivity contribution is 0.268. The normalized spacial score (nSPS) is 11.3. The molecule has 0 saturated heterocycles. The number of nitrogens with one attached hydrogen (secondary N) is 1. The number of aromatic amines is 1. The number of aryl methyl sites for hydroxylation is 1. The lowest BCUT2D eigenvalue weighted by Gasteiger charge is -2.12. The standard InChI is InChI=1S/C23H24F2N4O3/c1-12-20(13(2)29(28-12)5-6-30)15-8-16-14(10-26-23(16)27-11-15)7-17-21(24)18(31-3)9-19(32-4)22(17)25/h8-11,30H,5-7H2,1-4H3,(H,26,27). The van der Waals surface area contributed by atoms with Crippen molar-refractivity contribution in [1.82, 2.24) is 19.7 Å². The van der Waals surface area contributed by atoms with Crippen molar-refractivity contribution in [3.63, 3.8) is 0 Å². The van der Waals surface area contributed by atoms with Crippen LogP contribution < -0.4 is 9.47 Å². The minimum Gasteiger partial charge on any atom is -0.494 e. The van der Waals surface area contributed by atoms with Crippen LogP contribution in [0.3, 0.4) is 0 Å². The van der Waals surface area contributed by atoms with Gasteiger partial charge in [-0.2, -0.15) is 5.10 Å². The van der Waals surface area contributed by atoms with Gasteiger partial charge < -0.3 is 19.6 Å². The lowest BCUT2D eigenvalue weighted by atomic mass is 10.00. The first-order chi connectivity index (χ1) is 15.4. The Morgan fingerprint density at radius 2 is 1.78 bits per heavy atom. The van der Waals surface area contributed by atoms with Crippen LogP contribution in [-0.2, 0) is 13.0 Å². The first-order valence-corrected chi connectivity index (χ1v) is 10.1. The highest BCUT2D eigenvalue weighted by atomic mass is 19.1.